The van der Waals surface area contributed by atoms with E-state index in [0.717, 1.165) is 44.5 Å². The van der Waals surface area contributed by atoms with E-state index in [1.807, 2.05) is 36.6 Å². The summed E-state index contributed by atoms with van der Waals surface area (Å²) in [6.45, 7) is 1.60. The van der Waals surface area contributed by atoms with Crippen LogP contribution in [-0.2, 0) is 16.4 Å². The van der Waals surface area contributed by atoms with E-state index in [4.69, 9.17) is 0 Å². The molecule has 9 heteroatoms. The Bertz CT molecular complexity index is 1510. The number of hydrogen-bond acceptors (Lipinski definition) is 4. The molecular weight excluding hydrogens is 560 g/mol. The van der Waals surface area contributed by atoms with Gasteiger partial charge in [0.05, 0.1) is 16.6 Å². The first kappa shape index (κ1) is 29.1. The van der Waals surface area contributed by atoms with Gasteiger partial charge in [-0.3, -0.25) is 4.31 Å². The molecule has 204 valence electrons. The van der Waals surface area contributed by atoms with E-state index in [2.05, 4.69) is 0 Å². The third-order valence-electron chi connectivity index (χ3n) is 6.21. The summed E-state index contributed by atoms with van der Waals surface area (Å²) in [6, 6.07) is 21.9. The van der Waals surface area contributed by atoms with Gasteiger partial charge in [0.1, 0.15) is 17.5 Å². The summed E-state index contributed by atoms with van der Waals surface area (Å²) in [4.78, 5) is 1.75. The molecule has 0 amide bonds. The number of aryl methyl sites for hydroxylation is 1. The van der Waals surface area contributed by atoms with E-state index in [-0.39, 0.29) is 4.90 Å². The first-order valence-corrected chi connectivity index (χ1v) is 16.0. The monoisotopic (exact) mass is 587 g/mol. The molecule has 0 aliphatic heterocycles. The number of nitrogens with zero attached hydrogens (tertiary/aromatic N) is 1. The number of hydrogen-bond donors (Lipinski definition) is 0. The van der Waals surface area contributed by atoms with Gasteiger partial charge < -0.3 is 0 Å². The molecule has 0 aromatic heterocycles. The average molecular weight is 588 g/mol. The van der Waals surface area contributed by atoms with E-state index in [1.54, 1.807) is 30.8 Å². The van der Waals surface area contributed by atoms with Crippen molar-refractivity contribution in [3.63, 3.8) is 0 Å². The highest BCUT2D eigenvalue weighted by molar-refractivity contribution is 7.99. The minimum atomic E-state index is -4.36. The summed E-state index contributed by atoms with van der Waals surface area (Å²) in [5.41, 5.74) is 0.744. The summed E-state index contributed by atoms with van der Waals surface area (Å²) in [7, 11) is -4.36. The fourth-order valence-electron chi connectivity index (χ4n) is 4.35. The van der Waals surface area contributed by atoms with E-state index >= 15 is 4.39 Å². The third-order valence-corrected chi connectivity index (χ3v) is 9.82. The van der Waals surface area contributed by atoms with Crippen LogP contribution in [0.3, 0.4) is 0 Å². The summed E-state index contributed by atoms with van der Waals surface area (Å²) < 4.78 is 72.7. The molecular formula is C30H28F3NO2S3. The Morgan fingerprint density at radius 3 is 2.15 bits per heavy atom. The molecule has 0 saturated carbocycles. The van der Waals surface area contributed by atoms with Gasteiger partial charge in [-0.05, 0) is 104 Å². The van der Waals surface area contributed by atoms with Crippen molar-refractivity contribution in [2.24, 2.45) is 0 Å². The van der Waals surface area contributed by atoms with Gasteiger partial charge in [0, 0.05) is 15.9 Å². The van der Waals surface area contributed by atoms with E-state index < -0.39 is 39.2 Å². The lowest BCUT2D eigenvalue weighted by molar-refractivity contribution is 0.569. The second kappa shape index (κ2) is 13.0. The molecule has 4 aromatic carbocycles. The van der Waals surface area contributed by atoms with E-state index in [9.17, 15) is 17.2 Å². The van der Waals surface area contributed by atoms with Crippen molar-refractivity contribution >= 4 is 39.2 Å². The van der Waals surface area contributed by atoms with Crippen molar-refractivity contribution in [2.45, 2.75) is 40.5 Å². The maximum atomic E-state index is 15.1. The Morgan fingerprint density at radius 2 is 1.46 bits per heavy atom. The minimum absolute atomic E-state index is 0.0681. The molecule has 0 spiro atoms. The van der Waals surface area contributed by atoms with Crippen molar-refractivity contribution in [2.75, 3.05) is 16.3 Å². The van der Waals surface area contributed by atoms with Crippen molar-refractivity contribution in [1.82, 2.24) is 0 Å². The molecule has 0 bridgehead atoms. The molecule has 3 nitrogen and oxygen atoms in total. The van der Waals surface area contributed by atoms with Crippen molar-refractivity contribution in [3.05, 3.63) is 120 Å². The Kier molecular flexibility index (Phi) is 9.69. The molecule has 0 N–H and O–H groups in total. The van der Waals surface area contributed by atoms with Crippen LogP contribution in [-0.4, -0.2) is 20.4 Å². The smallest absolute Gasteiger partial charge is 0.256 e. The number of thioether (sulfide) groups is 1. The van der Waals surface area contributed by atoms with Crippen LogP contribution in [0.25, 0.3) is 0 Å². The fraction of sp³-hybridized carbons (Fsp3) is 0.200. The molecule has 0 aliphatic carbocycles. The van der Waals surface area contributed by atoms with E-state index in [1.165, 1.54) is 42.1 Å². The number of halogens is 3. The van der Waals surface area contributed by atoms with Crippen LogP contribution in [0, 0.1) is 17.5 Å². The van der Waals surface area contributed by atoms with Crippen LogP contribution in [0.2, 0.25) is 0 Å². The zero-order valence-electron chi connectivity index (χ0n) is 21.5. The van der Waals surface area contributed by atoms with Gasteiger partial charge in [-0.25, -0.2) is 21.6 Å². The highest BCUT2D eigenvalue weighted by Crippen LogP contribution is 2.38. The van der Waals surface area contributed by atoms with E-state index in [0.29, 0.717) is 17.5 Å². The van der Waals surface area contributed by atoms with Gasteiger partial charge >= 0.3 is 0 Å². The molecule has 1 atom stereocenters. The van der Waals surface area contributed by atoms with Crippen molar-refractivity contribution < 1.29 is 21.6 Å². The predicted octanol–water partition coefficient (Wildman–Crippen LogP) is 8.51. The topological polar surface area (TPSA) is 37.4 Å². The SMILES string of the molecule is CSCCCc1cc(F)ccc1[C@@H](C)N(c1cc(F)ccc1F)S(=O)(=O)c1ccc(Sc2ccccc2)cc1. The number of rotatable bonds is 11. The molecule has 4 aromatic rings. The van der Waals surface area contributed by atoms with Crippen molar-refractivity contribution in [1.29, 1.82) is 0 Å². The lowest BCUT2D eigenvalue weighted by Crippen LogP contribution is -2.35. The Labute approximate surface area is 236 Å². The molecule has 0 unspecified atom stereocenters. The molecule has 0 radical (unpaired) electrons. The van der Waals surface area contributed by atoms with Gasteiger partial charge in [0.15, 0.2) is 0 Å². The van der Waals surface area contributed by atoms with Gasteiger partial charge in [-0.2, -0.15) is 11.8 Å². The standard InChI is InChI=1S/C30H28F3NO2S3/c1-21(28-16-10-23(31)19-22(28)7-6-18-37-2)34(30-20-24(32)11-17-29(30)33)39(35,36)27-14-12-26(13-15-27)38-25-8-4-3-5-9-25/h3-5,8-17,19-21H,6-7,18H2,1-2H3/t21-/m1/s1. The molecule has 0 fully saturated rings. The molecule has 4 rings (SSSR count). The zero-order chi connectivity index (χ0) is 28.0. The van der Waals surface area contributed by atoms with Crippen LogP contribution in [0.15, 0.2) is 106 Å². The first-order valence-electron chi connectivity index (χ1n) is 12.3. The van der Waals surface area contributed by atoms with Crippen LogP contribution in [0.5, 0.6) is 0 Å². The Balaban J connectivity index is 1.77. The quantitative estimate of drug-likeness (QED) is 0.165. The summed E-state index contributed by atoms with van der Waals surface area (Å²) >= 11 is 3.13. The number of sulfonamides is 1. The van der Waals surface area contributed by atoms with Crippen LogP contribution in [0.4, 0.5) is 18.9 Å². The Morgan fingerprint density at radius 1 is 0.821 bits per heavy atom. The molecule has 0 saturated heterocycles. The first-order chi connectivity index (χ1) is 18.7. The number of benzene rings is 4. The Hall–Kier alpha value is -2.88. The van der Waals surface area contributed by atoms with Crippen LogP contribution in [0.1, 0.15) is 30.5 Å². The predicted molar refractivity (Wildman–Crippen MR) is 155 cm³/mol. The lowest BCUT2D eigenvalue weighted by atomic mass is 9.97. The normalized spacial score (nSPS) is 12.3. The van der Waals surface area contributed by atoms with Crippen LogP contribution < -0.4 is 4.31 Å². The molecule has 0 aliphatic rings. The van der Waals surface area contributed by atoms with Gasteiger partial charge in [0.25, 0.3) is 10.0 Å². The summed E-state index contributed by atoms with van der Waals surface area (Å²) in [5, 5.41) is 0. The second-order valence-electron chi connectivity index (χ2n) is 8.90. The third kappa shape index (κ3) is 7.01. The molecule has 39 heavy (non-hydrogen) atoms. The second-order valence-corrected chi connectivity index (χ2v) is 12.8. The minimum Gasteiger partial charge on any atom is -0.256 e. The fourth-order valence-corrected chi connectivity index (χ4v) is 7.26. The largest absolute Gasteiger partial charge is 0.264 e. The summed E-state index contributed by atoms with van der Waals surface area (Å²) in [5.74, 6) is -1.25. The van der Waals surface area contributed by atoms with Crippen LogP contribution >= 0.6 is 23.5 Å². The highest BCUT2D eigenvalue weighted by atomic mass is 32.2. The average Bonchev–Trinajstić information content (AvgIpc) is 2.92. The van der Waals surface area contributed by atoms with Gasteiger partial charge in [-0.15, -0.1) is 0 Å². The maximum Gasteiger partial charge on any atom is 0.264 e. The summed E-state index contributed by atoms with van der Waals surface area (Å²) in [6.07, 6.45) is 3.24. The lowest BCUT2D eigenvalue weighted by Gasteiger charge is -2.32. The van der Waals surface area contributed by atoms with Gasteiger partial charge in [0.2, 0.25) is 0 Å². The molecule has 0 heterocycles. The zero-order valence-corrected chi connectivity index (χ0v) is 23.9. The van der Waals surface area contributed by atoms with Gasteiger partial charge in [-0.1, -0.05) is 36.0 Å². The number of anilines is 1. The van der Waals surface area contributed by atoms with Crippen molar-refractivity contribution in [3.8, 4) is 0 Å². The highest BCUT2D eigenvalue weighted by Gasteiger charge is 2.33. The maximum absolute atomic E-state index is 15.1.